The molecule has 6 nitrogen and oxygen atoms in total. The van der Waals surface area contributed by atoms with Crippen LogP contribution in [-0.2, 0) is 14.3 Å². The fraction of sp³-hybridized carbons (Fsp3) is 0.571. The van der Waals surface area contributed by atoms with Crippen molar-refractivity contribution in [2.45, 2.75) is 51.0 Å². The highest BCUT2D eigenvalue weighted by atomic mass is 16.5. The van der Waals surface area contributed by atoms with Crippen molar-refractivity contribution in [3.05, 3.63) is 29.8 Å². The summed E-state index contributed by atoms with van der Waals surface area (Å²) in [5.74, 6) is -0.0339. The highest BCUT2D eigenvalue weighted by Gasteiger charge is 2.60. The molecule has 4 aliphatic carbocycles. The van der Waals surface area contributed by atoms with E-state index in [0.717, 1.165) is 32.1 Å². The Morgan fingerprint density at radius 1 is 1.11 bits per heavy atom. The van der Waals surface area contributed by atoms with Gasteiger partial charge in [0.2, 0.25) is 0 Å². The van der Waals surface area contributed by atoms with E-state index < -0.39 is 16.9 Å². The smallest absolute Gasteiger partial charge is 0.312 e. The van der Waals surface area contributed by atoms with Crippen molar-refractivity contribution in [3.63, 3.8) is 0 Å². The molecule has 0 aromatic heterocycles. The van der Waals surface area contributed by atoms with Gasteiger partial charge >= 0.3 is 5.97 Å². The summed E-state index contributed by atoms with van der Waals surface area (Å²) in [5, 5.41) is 13.4. The molecule has 0 spiro atoms. The zero-order chi connectivity index (χ0) is 19.2. The summed E-state index contributed by atoms with van der Waals surface area (Å²) >= 11 is 0. The number of Topliss-reactive ketones (excluding diaryl/α,β-unsaturated/α-hetero) is 1. The van der Waals surface area contributed by atoms with Crippen molar-refractivity contribution in [2.24, 2.45) is 17.3 Å². The number of hydrogen-bond donors (Lipinski definition) is 2. The van der Waals surface area contributed by atoms with Gasteiger partial charge in [-0.15, -0.1) is 0 Å². The van der Waals surface area contributed by atoms with Gasteiger partial charge in [-0.3, -0.25) is 14.4 Å². The largest absolute Gasteiger partial charge is 0.455 e. The third kappa shape index (κ3) is 3.50. The molecule has 0 saturated heterocycles. The minimum atomic E-state index is -0.732. The first kappa shape index (κ1) is 18.2. The van der Waals surface area contributed by atoms with Crippen LogP contribution in [0.15, 0.2) is 24.3 Å². The Morgan fingerprint density at radius 3 is 2.30 bits per heavy atom. The minimum absolute atomic E-state index is 0.0426. The average molecular weight is 371 g/mol. The van der Waals surface area contributed by atoms with E-state index in [2.05, 4.69) is 5.32 Å². The molecule has 4 bridgehead atoms. The molecule has 0 radical (unpaired) electrons. The summed E-state index contributed by atoms with van der Waals surface area (Å²) in [6.07, 6.45) is 4.65. The minimum Gasteiger partial charge on any atom is -0.455 e. The number of benzene rings is 1. The molecule has 2 N–H and O–H groups in total. The van der Waals surface area contributed by atoms with Gasteiger partial charge in [0.05, 0.1) is 11.0 Å². The summed E-state index contributed by atoms with van der Waals surface area (Å²) < 4.78 is 5.35. The maximum atomic E-state index is 12.8. The first-order valence-corrected chi connectivity index (χ1v) is 9.57. The van der Waals surface area contributed by atoms with Gasteiger partial charge in [0.15, 0.2) is 12.4 Å². The third-order valence-corrected chi connectivity index (χ3v) is 6.37. The summed E-state index contributed by atoms with van der Waals surface area (Å²) in [5.41, 5.74) is -0.240. The van der Waals surface area contributed by atoms with Gasteiger partial charge in [0, 0.05) is 11.3 Å². The summed E-state index contributed by atoms with van der Waals surface area (Å²) in [6.45, 7) is 1.14. The lowest BCUT2D eigenvalue weighted by Crippen LogP contribution is -2.58. The van der Waals surface area contributed by atoms with Crippen molar-refractivity contribution >= 4 is 23.3 Å². The number of hydrogen-bond acceptors (Lipinski definition) is 5. The topological polar surface area (TPSA) is 92.7 Å². The molecular weight excluding hydrogens is 346 g/mol. The average Bonchev–Trinajstić information content (AvgIpc) is 2.58. The molecular formula is C21H25NO5. The number of carbonyl (C=O) groups excluding carboxylic acids is 3. The zero-order valence-corrected chi connectivity index (χ0v) is 15.5. The highest BCUT2D eigenvalue weighted by Crippen LogP contribution is 2.61. The molecule has 0 heterocycles. The van der Waals surface area contributed by atoms with E-state index in [9.17, 15) is 19.5 Å². The van der Waals surface area contributed by atoms with Crippen LogP contribution in [-0.4, -0.2) is 35.0 Å². The lowest BCUT2D eigenvalue weighted by atomic mass is 9.48. The van der Waals surface area contributed by atoms with Crippen molar-refractivity contribution in [1.29, 1.82) is 0 Å². The second-order valence-electron chi connectivity index (χ2n) is 8.72. The summed E-state index contributed by atoms with van der Waals surface area (Å²) in [7, 11) is 0. The van der Waals surface area contributed by atoms with Crippen molar-refractivity contribution in [3.8, 4) is 0 Å². The molecule has 1 aromatic carbocycles. The molecule has 2 atom stereocenters. The standard InChI is InChI=1S/C21H25NO5/c1-13(23)16-2-4-17(5-3-16)22-18(24)11-27-19(25)20-7-14-6-15(8-20)10-21(26,9-14)12-20/h2-5,14-15,26H,6-12H2,1H3,(H,22,24)/t14-,15-,20?,21?/m1/s1. The monoisotopic (exact) mass is 371 g/mol. The number of aliphatic hydroxyl groups is 1. The Labute approximate surface area is 158 Å². The molecule has 4 fully saturated rings. The predicted molar refractivity (Wildman–Crippen MR) is 98.1 cm³/mol. The normalized spacial score (nSPS) is 33.6. The number of anilines is 1. The Hall–Kier alpha value is -2.21. The van der Waals surface area contributed by atoms with E-state index in [-0.39, 0.29) is 18.4 Å². The third-order valence-electron chi connectivity index (χ3n) is 6.37. The molecule has 144 valence electrons. The molecule has 4 saturated carbocycles. The van der Waals surface area contributed by atoms with Gasteiger partial charge < -0.3 is 15.2 Å². The Bertz CT molecular complexity index is 770. The second kappa shape index (κ2) is 6.44. The van der Waals surface area contributed by atoms with E-state index in [1.165, 1.54) is 6.92 Å². The van der Waals surface area contributed by atoms with Crippen LogP contribution in [0.1, 0.15) is 55.8 Å². The van der Waals surface area contributed by atoms with Crippen molar-refractivity contribution in [1.82, 2.24) is 0 Å². The lowest BCUT2D eigenvalue weighted by Gasteiger charge is -2.58. The summed E-state index contributed by atoms with van der Waals surface area (Å²) in [4.78, 5) is 36.2. The molecule has 0 aliphatic heterocycles. The fourth-order valence-electron chi connectivity index (χ4n) is 5.72. The van der Waals surface area contributed by atoms with Crippen molar-refractivity contribution in [2.75, 3.05) is 11.9 Å². The fourth-order valence-corrected chi connectivity index (χ4v) is 5.72. The van der Waals surface area contributed by atoms with Crippen LogP contribution < -0.4 is 5.32 Å². The van der Waals surface area contributed by atoms with E-state index in [1.54, 1.807) is 24.3 Å². The van der Waals surface area contributed by atoms with E-state index in [0.29, 0.717) is 29.5 Å². The number of ether oxygens (including phenoxy) is 1. The van der Waals surface area contributed by atoms with Crippen LogP contribution >= 0.6 is 0 Å². The second-order valence-corrected chi connectivity index (χ2v) is 8.72. The Balaban J connectivity index is 1.34. The molecule has 4 aliphatic rings. The first-order chi connectivity index (χ1) is 12.8. The van der Waals surface area contributed by atoms with E-state index in [1.807, 2.05) is 0 Å². The molecule has 1 amide bonds. The first-order valence-electron chi connectivity index (χ1n) is 9.57. The van der Waals surface area contributed by atoms with Gasteiger partial charge in [-0.05, 0) is 81.5 Å². The zero-order valence-electron chi connectivity index (χ0n) is 15.5. The Kier molecular flexibility index (Phi) is 4.34. The molecule has 1 aromatic rings. The van der Waals surface area contributed by atoms with Gasteiger partial charge in [-0.1, -0.05) is 0 Å². The maximum absolute atomic E-state index is 12.8. The van der Waals surface area contributed by atoms with E-state index in [4.69, 9.17) is 4.74 Å². The molecule has 5 rings (SSSR count). The highest BCUT2D eigenvalue weighted by molar-refractivity contribution is 5.96. The van der Waals surface area contributed by atoms with Crippen LogP contribution in [0.5, 0.6) is 0 Å². The van der Waals surface area contributed by atoms with Crippen LogP contribution in [0, 0.1) is 17.3 Å². The number of amides is 1. The number of esters is 1. The van der Waals surface area contributed by atoms with Crippen LogP contribution in [0.4, 0.5) is 5.69 Å². The van der Waals surface area contributed by atoms with E-state index >= 15 is 0 Å². The Morgan fingerprint density at radius 2 is 1.74 bits per heavy atom. The predicted octanol–water partition coefficient (Wildman–Crippen LogP) is 2.70. The quantitative estimate of drug-likeness (QED) is 0.613. The van der Waals surface area contributed by atoms with Crippen molar-refractivity contribution < 1.29 is 24.2 Å². The van der Waals surface area contributed by atoms with Crippen LogP contribution in [0.2, 0.25) is 0 Å². The number of ketones is 1. The van der Waals surface area contributed by atoms with Gasteiger partial charge in [-0.2, -0.15) is 0 Å². The number of rotatable bonds is 5. The summed E-state index contributed by atoms with van der Waals surface area (Å²) in [6, 6.07) is 6.57. The SMILES string of the molecule is CC(=O)c1ccc(NC(=O)COC(=O)C23C[C@H]4C[C@@H](CC(O)(C4)C2)C3)cc1. The lowest BCUT2D eigenvalue weighted by molar-refractivity contribution is -0.196. The molecule has 27 heavy (non-hydrogen) atoms. The van der Waals surface area contributed by atoms with Crippen LogP contribution in [0.3, 0.4) is 0 Å². The van der Waals surface area contributed by atoms with Crippen LogP contribution in [0.25, 0.3) is 0 Å². The van der Waals surface area contributed by atoms with Gasteiger partial charge in [0.1, 0.15) is 0 Å². The van der Waals surface area contributed by atoms with Gasteiger partial charge in [-0.25, -0.2) is 0 Å². The number of nitrogens with one attached hydrogen (secondary N) is 1. The number of carbonyl (C=O) groups is 3. The van der Waals surface area contributed by atoms with Gasteiger partial charge in [0.25, 0.3) is 5.91 Å². The molecule has 0 unspecified atom stereocenters. The maximum Gasteiger partial charge on any atom is 0.312 e. The molecule has 6 heteroatoms.